The third-order valence-corrected chi connectivity index (χ3v) is 7.08. The first-order valence-corrected chi connectivity index (χ1v) is 13.8. The summed E-state index contributed by atoms with van der Waals surface area (Å²) < 4.78 is 17.1. The van der Waals surface area contributed by atoms with Crippen LogP contribution in [0.25, 0.3) is 6.08 Å². The van der Waals surface area contributed by atoms with E-state index in [1.165, 1.54) is 0 Å². The first-order chi connectivity index (χ1) is 19.2. The zero-order chi connectivity index (χ0) is 28.6. The number of hydrogen-bond acceptors (Lipinski definition) is 7. The maximum absolute atomic E-state index is 12.9. The number of amides is 3. The number of hydrogen-bond donors (Lipinski definition) is 1. The lowest BCUT2D eigenvalue weighted by Crippen LogP contribution is -2.32. The van der Waals surface area contributed by atoms with Crippen LogP contribution in [0.3, 0.4) is 0 Å². The van der Waals surface area contributed by atoms with Crippen molar-refractivity contribution >= 4 is 52.2 Å². The number of benzene rings is 3. The van der Waals surface area contributed by atoms with Crippen LogP contribution in [0.15, 0.2) is 65.6 Å². The molecule has 1 heterocycles. The molecule has 0 saturated carbocycles. The Balaban J connectivity index is 1.38. The normalized spacial score (nSPS) is 14.0. The van der Waals surface area contributed by atoms with Gasteiger partial charge in [0.15, 0.2) is 18.1 Å². The molecule has 0 bridgehead atoms. The van der Waals surface area contributed by atoms with Crippen LogP contribution in [0.4, 0.5) is 10.5 Å². The minimum Gasteiger partial charge on any atom is -0.490 e. The van der Waals surface area contributed by atoms with Crippen molar-refractivity contribution in [3.8, 4) is 17.2 Å². The number of carbonyl (C=O) groups is 3. The summed E-state index contributed by atoms with van der Waals surface area (Å²) in [5.41, 5.74) is 3.45. The highest BCUT2D eigenvalue weighted by molar-refractivity contribution is 8.18. The van der Waals surface area contributed by atoms with Gasteiger partial charge in [-0.25, -0.2) is 0 Å². The number of thioether (sulfide) groups is 1. The Bertz CT molecular complexity index is 1460. The minimum atomic E-state index is -0.404. The number of nitrogens with zero attached hydrogens (tertiary/aromatic N) is 1. The molecule has 4 rings (SSSR count). The molecule has 3 aromatic carbocycles. The molecule has 40 heavy (non-hydrogen) atoms. The summed E-state index contributed by atoms with van der Waals surface area (Å²) in [4.78, 5) is 39.3. The molecule has 3 aromatic rings. The molecule has 0 unspecified atom stereocenters. The fraction of sp³-hybridized carbons (Fsp3) is 0.233. The van der Waals surface area contributed by atoms with Gasteiger partial charge in [-0.05, 0) is 80.1 Å². The van der Waals surface area contributed by atoms with Crippen LogP contribution in [0, 0.1) is 13.8 Å². The molecule has 1 aliphatic heterocycles. The van der Waals surface area contributed by atoms with Crippen molar-refractivity contribution in [1.29, 1.82) is 0 Å². The van der Waals surface area contributed by atoms with Crippen LogP contribution in [-0.2, 0) is 9.59 Å². The SMILES string of the molecule is CCOc1cc(/C=C2\SC(=O)N(CCOc3ccccc3Cl)C2=O)ccc1OCC(=O)Nc1ccc(C)cc1C. The highest BCUT2D eigenvalue weighted by Crippen LogP contribution is 2.35. The van der Waals surface area contributed by atoms with Gasteiger partial charge < -0.3 is 19.5 Å². The molecule has 208 valence electrons. The minimum absolute atomic E-state index is 0.0916. The molecule has 10 heteroatoms. The van der Waals surface area contributed by atoms with Crippen LogP contribution in [0.5, 0.6) is 17.2 Å². The Labute approximate surface area is 242 Å². The van der Waals surface area contributed by atoms with E-state index in [-0.39, 0.29) is 35.8 Å². The molecule has 1 N–H and O–H groups in total. The first kappa shape index (κ1) is 29.0. The molecular weight excluding hydrogens is 552 g/mol. The summed E-state index contributed by atoms with van der Waals surface area (Å²) in [6.45, 7) is 6.13. The van der Waals surface area contributed by atoms with Gasteiger partial charge in [-0.1, -0.05) is 47.5 Å². The van der Waals surface area contributed by atoms with E-state index < -0.39 is 5.91 Å². The zero-order valence-corrected chi connectivity index (χ0v) is 23.9. The molecule has 1 saturated heterocycles. The summed E-state index contributed by atoms with van der Waals surface area (Å²) in [5, 5.41) is 2.93. The van der Waals surface area contributed by atoms with E-state index in [1.54, 1.807) is 48.5 Å². The number of nitrogens with one attached hydrogen (secondary N) is 1. The third-order valence-electron chi connectivity index (χ3n) is 5.86. The van der Waals surface area contributed by atoms with Gasteiger partial charge in [0.05, 0.1) is 23.1 Å². The molecule has 0 aliphatic carbocycles. The summed E-state index contributed by atoms with van der Waals surface area (Å²) in [5.74, 6) is 0.590. The van der Waals surface area contributed by atoms with Crippen LogP contribution in [0.1, 0.15) is 23.6 Å². The quantitative estimate of drug-likeness (QED) is 0.259. The predicted octanol–water partition coefficient (Wildman–Crippen LogP) is 6.49. The lowest BCUT2D eigenvalue weighted by Gasteiger charge is -2.14. The number of para-hydroxylation sites is 1. The van der Waals surface area contributed by atoms with Crippen molar-refractivity contribution in [3.63, 3.8) is 0 Å². The maximum atomic E-state index is 12.9. The van der Waals surface area contributed by atoms with E-state index in [0.29, 0.717) is 34.4 Å². The van der Waals surface area contributed by atoms with Gasteiger partial charge in [-0.3, -0.25) is 19.3 Å². The highest BCUT2D eigenvalue weighted by atomic mass is 35.5. The van der Waals surface area contributed by atoms with E-state index in [4.69, 9.17) is 25.8 Å². The number of halogens is 1. The fourth-order valence-corrected chi connectivity index (χ4v) is 4.99. The molecule has 0 aromatic heterocycles. The molecule has 0 atom stereocenters. The van der Waals surface area contributed by atoms with E-state index in [9.17, 15) is 14.4 Å². The molecule has 1 aliphatic rings. The van der Waals surface area contributed by atoms with Gasteiger partial charge in [-0.15, -0.1) is 0 Å². The monoisotopic (exact) mass is 580 g/mol. The standard InChI is InChI=1S/C30H29ClN2O6S/c1-4-37-26-16-21(10-12-25(26)39-18-28(34)32-23-11-9-19(2)15-20(23)3)17-27-29(35)33(30(36)40-27)13-14-38-24-8-6-5-7-22(24)31/h5-12,15-17H,4,13-14,18H2,1-3H3,(H,32,34)/b27-17-. The van der Waals surface area contributed by atoms with Gasteiger partial charge in [0.1, 0.15) is 12.4 Å². The maximum Gasteiger partial charge on any atom is 0.293 e. The van der Waals surface area contributed by atoms with Crippen LogP contribution in [0.2, 0.25) is 5.02 Å². The van der Waals surface area contributed by atoms with E-state index in [1.807, 2.05) is 39.0 Å². The number of rotatable bonds is 11. The summed E-state index contributed by atoms with van der Waals surface area (Å²) in [7, 11) is 0. The second kappa shape index (κ2) is 13.4. The number of anilines is 1. The van der Waals surface area contributed by atoms with E-state index >= 15 is 0 Å². The third kappa shape index (κ3) is 7.37. The Morgan fingerprint density at radius 3 is 2.52 bits per heavy atom. The van der Waals surface area contributed by atoms with Crippen LogP contribution >= 0.6 is 23.4 Å². The smallest absolute Gasteiger partial charge is 0.293 e. The second-order valence-corrected chi connectivity index (χ2v) is 10.3. The van der Waals surface area contributed by atoms with Gasteiger partial charge >= 0.3 is 0 Å². The topological polar surface area (TPSA) is 94.2 Å². The number of aryl methyl sites for hydroxylation is 2. The van der Waals surface area contributed by atoms with E-state index in [0.717, 1.165) is 33.5 Å². The predicted molar refractivity (Wildman–Crippen MR) is 157 cm³/mol. The highest BCUT2D eigenvalue weighted by Gasteiger charge is 2.34. The molecule has 1 fully saturated rings. The summed E-state index contributed by atoms with van der Waals surface area (Å²) in [6, 6.07) is 17.9. The van der Waals surface area contributed by atoms with Gasteiger partial charge in [0.2, 0.25) is 0 Å². The average molecular weight is 581 g/mol. The Morgan fingerprint density at radius 1 is 0.975 bits per heavy atom. The van der Waals surface area contributed by atoms with E-state index in [2.05, 4.69) is 5.32 Å². The largest absolute Gasteiger partial charge is 0.490 e. The molecule has 8 nitrogen and oxygen atoms in total. The summed E-state index contributed by atoms with van der Waals surface area (Å²) >= 11 is 6.95. The van der Waals surface area contributed by atoms with Crippen molar-refractivity contribution in [2.24, 2.45) is 0 Å². The zero-order valence-electron chi connectivity index (χ0n) is 22.4. The Hall–Kier alpha value is -3.95. The second-order valence-electron chi connectivity index (χ2n) is 8.91. The number of imide groups is 1. The van der Waals surface area contributed by atoms with Crippen molar-refractivity contribution in [1.82, 2.24) is 4.90 Å². The van der Waals surface area contributed by atoms with Crippen LogP contribution in [-0.4, -0.2) is 48.3 Å². The van der Waals surface area contributed by atoms with Crippen molar-refractivity contribution in [2.45, 2.75) is 20.8 Å². The van der Waals surface area contributed by atoms with Crippen LogP contribution < -0.4 is 19.5 Å². The van der Waals surface area contributed by atoms with Crippen molar-refractivity contribution < 1.29 is 28.6 Å². The lowest BCUT2D eigenvalue weighted by molar-refractivity contribution is -0.123. The Morgan fingerprint density at radius 2 is 1.77 bits per heavy atom. The Kier molecular flexibility index (Phi) is 9.74. The molecule has 0 spiro atoms. The first-order valence-electron chi connectivity index (χ1n) is 12.6. The average Bonchev–Trinajstić information content (AvgIpc) is 3.18. The molecule has 3 amide bonds. The number of ether oxygens (including phenoxy) is 3. The molecular formula is C30H29ClN2O6S. The fourth-order valence-electron chi connectivity index (χ4n) is 3.94. The lowest BCUT2D eigenvalue weighted by atomic mass is 10.1. The van der Waals surface area contributed by atoms with Gasteiger partial charge in [0.25, 0.3) is 17.1 Å². The number of carbonyl (C=O) groups excluding carboxylic acids is 3. The van der Waals surface area contributed by atoms with Crippen molar-refractivity contribution in [2.75, 3.05) is 31.7 Å². The summed E-state index contributed by atoms with van der Waals surface area (Å²) in [6.07, 6.45) is 1.62. The van der Waals surface area contributed by atoms with Gasteiger partial charge in [-0.2, -0.15) is 0 Å². The van der Waals surface area contributed by atoms with Crippen molar-refractivity contribution in [3.05, 3.63) is 87.3 Å². The van der Waals surface area contributed by atoms with Gasteiger partial charge in [0, 0.05) is 5.69 Å². The molecule has 0 radical (unpaired) electrons.